The summed E-state index contributed by atoms with van der Waals surface area (Å²) in [5.74, 6) is 0. The van der Waals surface area contributed by atoms with Crippen molar-refractivity contribution >= 4 is 0 Å². The Morgan fingerprint density at radius 1 is 1.05 bits per heavy atom. The Labute approximate surface area is 121 Å². The summed E-state index contributed by atoms with van der Waals surface area (Å²) in [6.45, 7) is 3.00. The van der Waals surface area contributed by atoms with E-state index in [1.54, 1.807) is 12.1 Å². The Morgan fingerprint density at radius 2 is 1.76 bits per heavy atom. The minimum atomic E-state index is -4.28. The zero-order chi connectivity index (χ0) is 15.0. The molecule has 1 atom stereocenters. The van der Waals surface area contributed by atoms with Gasteiger partial charge in [0, 0.05) is 6.04 Å². The van der Waals surface area contributed by atoms with Gasteiger partial charge in [0.1, 0.15) is 0 Å². The van der Waals surface area contributed by atoms with Crippen molar-refractivity contribution < 1.29 is 13.2 Å². The number of rotatable bonds is 1. The summed E-state index contributed by atoms with van der Waals surface area (Å²) in [6, 6.07) is 11.7. The van der Waals surface area contributed by atoms with E-state index in [2.05, 4.69) is 18.3 Å². The van der Waals surface area contributed by atoms with E-state index in [1.807, 2.05) is 12.1 Å². The second-order valence-corrected chi connectivity index (χ2v) is 5.37. The lowest BCUT2D eigenvalue weighted by Crippen LogP contribution is -2.28. The highest BCUT2D eigenvalue weighted by molar-refractivity contribution is 5.69. The number of hydrogen-bond donors (Lipinski definition) is 1. The van der Waals surface area contributed by atoms with E-state index in [9.17, 15) is 13.2 Å². The fourth-order valence-electron chi connectivity index (χ4n) is 2.92. The van der Waals surface area contributed by atoms with Gasteiger partial charge in [0.15, 0.2) is 0 Å². The molecule has 0 saturated carbocycles. The van der Waals surface area contributed by atoms with Gasteiger partial charge in [0.25, 0.3) is 0 Å². The van der Waals surface area contributed by atoms with Gasteiger partial charge >= 0.3 is 6.18 Å². The number of halogens is 3. The highest BCUT2D eigenvalue weighted by Crippen LogP contribution is 2.34. The van der Waals surface area contributed by atoms with Crippen LogP contribution in [0.1, 0.15) is 29.7 Å². The largest absolute Gasteiger partial charge is 0.416 e. The number of alkyl halides is 3. The normalized spacial score (nSPS) is 18.4. The van der Waals surface area contributed by atoms with E-state index >= 15 is 0 Å². The summed E-state index contributed by atoms with van der Waals surface area (Å²) < 4.78 is 37.9. The molecule has 3 rings (SSSR count). The third kappa shape index (κ3) is 2.68. The van der Waals surface area contributed by atoms with Crippen molar-refractivity contribution in [1.82, 2.24) is 5.32 Å². The van der Waals surface area contributed by atoms with Gasteiger partial charge in [-0.3, -0.25) is 0 Å². The fourth-order valence-corrected chi connectivity index (χ4v) is 2.92. The average Bonchev–Trinajstić information content (AvgIpc) is 2.46. The molecule has 1 aliphatic rings. The molecule has 0 spiro atoms. The van der Waals surface area contributed by atoms with Crippen LogP contribution in [0.4, 0.5) is 13.2 Å². The molecule has 1 heterocycles. The average molecular weight is 291 g/mol. The number of benzene rings is 2. The van der Waals surface area contributed by atoms with Crippen LogP contribution >= 0.6 is 0 Å². The van der Waals surface area contributed by atoms with Crippen LogP contribution in [0.25, 0.3) is 11.1 Å². The number of hydrogen-bond acceptors (Lipinski definition) is 1. The smallest absolute Gasteiger partial charge is 0.310 e. The second-order valence-electron chi connectivity index (χ2n) is 5.37. The van der Waals surface area contributed by atoms with Gasteiger partial charge in [0.2, 0.25) is 0 Å². The summed E-state index contributed by atoms with van der Waals surface area (Å²) in [5, 5.41) is 3.40. The van der Waals surface area contributed by atoms with Crippen molar-refractivity contribution in [2.75, 3.05) is 6.54 Å². The SMILES string of the molecule is CC1NCCc2c(-c3ccc(C(F)(F)F)cc3)cccc21. The monoisotopic (exact) mass is 291 g/mol. The van der Waals surface area contributed by atoms with Crippen molar-refractivity contribution in [3.8, 4) is 11.1 Å². The van der Waals surface area contributed by atoms with Gasteiger partial charge in [-0.25, -0.2) is 0 Å². The zero-order valence-electron chi connectivity index (χ0n) is 11.7. The topological polar surface area (TPSA) is 12.0 Å². The van der Waals surface area contributed by atoms with Gasteiger partial charge < -0.3 is 5.32 Å². The first-order chi connectivity index (χ1) is 9.97. The Kier molecular flexibility index (Phi) is 3.49. The predicted molar refractivity (Wildman–Crippen MR) is 77.0 cm³/mol. The van der Waals surface area contributed by atoms with Gasteiger partial charge in [-0.15, -0.1) is 0 Å². The summed E-state index contributed by atoms with van der Waals surface area (Å²) in [4.78, 5) is 0. The summed E-state index contributed by atoms with van der Waals surface area (Å²) in [7, 11) is 0. The van der Waals surface area contributed by atoms with Gasteiger partial charge in [-0.2, -0.15) is 13.2 Å². The highest BCUT2D eigenvalue weighted by atomic mass is 19.4. The van der Waals surface area contributed by atoms with Crippen LogP contribution in [0.3, 0.4) is 0 Å². The maximum atomic E-state index is 12.6. The predicted octanol–water partition coefficient (Wildman–Crippen LogP) is 4.58. The molecule has 1 unspecified atom stereocenters. The van der Waals surface area contributed by atoms with Crippen LogP contribution in [-0.2, 0) is 12.6 Å². The van der Waals surface area contributed by atoms with Gasteiger partial charge in [0.05, 0.1) is 5.56 Å². The third-order valence-electron chi connectivity index (χ3n) is 4.03. The van der Waals surface area contributed by atoms with Crippen LogP contribution in [-0.4, -0.2) is 6.54 Å². The second kappa shape index (κ2) is 5.19. The molecule has 0 fully saturated rings. The minimum absolute atomic E-state index is 0.281. The standard InChI is InChI=1S/C17H16F3N/c1-11-14-3-2-4-15(16(14)9-10-21-11)12-5-7-13(8-6-12)17(18,19)20/h2-8,11,21H,9-10H2,1H3. The zero-order valence-corrected chi connectivity index (χ0v) is 11.7. The van der Waals surface area contributed by atoms with Crippen molar-refractivity contribution in [3.63, 3.8) is 0 Å². The van der Waals surface area contributed by atoms with E-state index in [4.69, 9.17) is 0 Å². The fraction of sp³-hybridized carbons (Fsp3) is 0.294. The van der Waals surface area contributed by atoms with Crippen molar-refractivity contribution in [2.45, 2.75) is 25.6 Å². The van der Waals surface area contributed by atoms with E-state index in [0.29, 0.717) is 0 Å². The lowest BCUT2D eigenvalue weighted by atomic mass is 9.88. The molecular weight excluding hydrogens is 275 g/mol. The van der Waals surface area contributed by atoms with E-state index < -0.39 is 11.7 Å². The van der Waals surface area contributed by atoms with E-state index in [-0.39, 0.29) is 6.04 Å². The van der Waals surface area contributed by atoms with Gasteiger partial charge in [-0.1, -0.05) is 30.3 Å². The van der Waals surface area contributed by atoms with Crippen LogP contribution in [0, 0.1) is 0 Å². The molecule has 2 aromatic rings. The minimum Gasteiger partial charge on any atom is -0.310 e. The van der Waals surface area contributed by atoms with E-state index in [1.165, 1.54) is 11.1 Å². The molecular formula is C17H16F3N. The first-order valence-corrected chi connectivity index (χ1v) is 6.99. The summed E-state index contributed by atoms with van der Waals surface area (Å²) in [5.41, 5.74) is 3.75. The molecule has 4 heteroatoms. The third-order valence-corrected chi connectivity index (χ3v) is 4.03. The maximum Gasteiger partial charge on any atom is 0.416 e. The molecule has 110 valence electrons. The highest BCUT2D eigenvalue weighted by Gasteiger charge is 2.30. The molecule has 0 aromatic heterocycles. The summed E-state index contributed by atoms with van der Waals surface area (Å²) >= 11 is 0. The Morgan fingerprint density at radius 3 is 2.43 bits per heavy atom. The number of fused-ring (bicyclic) bond motifs is 1. The Hall–Kier alpha value is -1.81. The van der Waals surface area contributed by atoms with Crippen LogP contribution in [0.5, 0.6) is 0 Å². The molecule has 0 amide bonds. The molecule has 21 heavy (non-hydrogen) atoms. The van der Waals surface area contributed by atoms with E-state index in [0.717, 1.165) is 36.2 Å². The van der Waals surface area contributed by atoms with Crippen molar-refractivity contribution in [1.29, 1.82) is 0 Å². The molecule has 1 N–H and O–H groups in total. The molecule has 0 saturated heterocycles. The molecule has 0 radical (unpaired) electrons. The molecule has 1 nitrogen and oxygen atoms in total. The number of nitrogens with one attached hydrogen (secondary N) is 1. The molecule has 0 bridgehead atoms. The van der Waals surface area contributed by atoms with Crippen LogP contribution < -0.4 is 5.32 Å². The van der Waals surface area contributed by atoms with Crippen LogP contribution in [0.15, 0.2) is 42.5 Å². The summed E-state index contributed by atoms with van der Waals surface area (Å²) in [6.07, 6.45) is -3.38. The quantitative estimate of drug-likeness (QED) is 0.811. The molecule has 1 aliphatic heterocycles. The lowest BCUT2D eigenvalue weighted by molar-refractivity contribution is -0.137. The van der Waals surface area contributed by atoms with Crippen LogP contribution in [0.2, 0.25) is 0 Å². The first-order valence-electron chi connectivity index (χ1n) is 6.99. The maximum absolute atomic E-state index is 12.6. The molecule has 2 aromatic carbocycles. The first kappa shape index (κ1) is 14.1. The van der Waals surface area contributed by atoms with Crippen molar-refractivity contribution in [3.05, 3.63) is 59.2 Å². The van der Waals surface area contributed by atoms with Crippen molar-refractivity contribution in [2.24, 2.45) is 0 Å². The van der Waals surface area contributed by atoms with Gasteiger partial charge in [-0.05, 0) is 54.3 Å². The lowest BCUT2D eigenvalue weighted by Gasteiger charge is -2.26. The molecule has 0 aliphatic carbocycles. The Balaban J connectivity index is 2.03. The Bertz CT molecular complexity index is 644.